The fraction of sp³-hybridized carbons (Fsp3) is 0.389. The van der Waals surface area contributed by atoms with Crippen molar-refractivity contribution in [2.75, 3.05) is 11.9 Å². The van der Waals surface area contributed by atoms with Crippen LogP contribution in [0.4, 0.5) is 9.93 Å². The Bertz CT molecular complexity index is 854. The molecule has 1 atom stereocenters. The number of aromatic nitrogens is 2. The first-order valence-corrected chi connectivity index (χ1v) is 9.53. The molecule has 2 N–H and O–H groups in total. The Kier molecular flexibility index (Phi) is 5.50. The number of urea groups is 1. The quantitative estimate of drug-likeness (QED) is 0.707. The van der Waals surface area contributed by atoms with Crippen LogP contribution in [0.5, 0.6) is 0 Å². The van der Waals surface area contributed by atoms with Gasteiger partial charge in [0.25, 0.3) is 5.91 Å². The number of carbonyl (C=O) groups excluding carboxylic acids is 3. The third-order valence-corrected chi connectivity index (χ3v) is 5.40. The van der Waals surface area contributed by atoms with Gasteiger partial charge < -0.3 is 5.32 Å². The molecule has 0 saturated carbocycles. The molecule has 2 heterocycles. The number of hydrogen-bond acceptors (Lipinski definition) is 6. The number of anilines is 1. The summed E-state index contributed by atoms with van der Waals surface area (Å²) in [6.45, 7) is 3.27. The van der Waals surface area contributed by atoms with E-state index in [-0.39, 0.29) is 6.54 Å². The lowest BCUT2D eigenvalue weighted by molar-refractivity contribution is -0.133. The first kappa shape index (κ1) is 19.0. The smallest absolute Gasteiger partial charge is 0.323 e. The summed E-state index contributed by atoms with van der Waals surface area (Å²) in [6.07, 6.45) is 1.82. The van der Waals surface area contributed by atoms with E-state index in [0.29, 0.717) is 18.0 Å². The number of aryl methyl sites for hydroxylation is 2. The standard InChI is InChI=1S/C18H21N5O3S/c1-3-14-21-22-16(27-14)19-13(24)11-23-15(25)18(2,20-17(23)26)10-9-12-7-5-4-6-8-12/h4-8H,3,9-11H2,1-2H3,(H,20,26)(H,19,22,24)/t18-/m0/s1. The monoisotopic (exact) mass is 387 g/mol. The first-order valence-electron chi connectivity index (χ1n) is 8.71. The van der Waals surface area contributed by atoms with Gasteiger partial charge in [0.1, 0.15) is 17.1 Å². The number of rotatable bonds is 7. The van der Waals surface area contributed by atoms with Crippen molar-refractivity contribution < 1.29 is 14.4 Å². The van der Waals surface area contributed by atoms with E-state index >= 15 is 0 Å². The molecule has 4 amide bonds. The van der Waals surface area contributed by atoms with Gasteiger partial charge in [-0.1, -0.05) is 48.6 Å². The van der Waals surface area contributed by atoms with Crippen LogP contribution < -0.4 is 10.6 Å². The van der Waals surface area contributed by atoms with Crippen molar-refractivity contribution in [1.29, 1.82) is 0 Å². The van der Waals surface area contributed by atoms with Crippen molar-refractivity contribution in [3.05, 3.63) is 40.9 Å². The molecule has 1 aromatic carbocycles. The van der Waals surface area contributed by atoms with Gasteiger partial charge in [0.05, 0.1) is 0 Å². The van der Waals surface area contributed by atoms with Crippen LogP contribution >= 0.6 is 11.3 Å². The predicted molar refractivity (Wildman–Crippen MR) is 101 cm³/mol. The lowest BCUT2D eigenvalue weighted by Crippen LogP contribution is -2.45. The van der Waals surface area contributed by atoms with Gasteiger partial charge in [-0.15, -0.1) is 10.2 Å². The normalized spacial score (nSPS) is 19.3. The minimum absolute atomic E-state index is 0.355. The summed E-state index contributed by atoms with van der Waals surface area (Å²) < 4.78 is 0. The van der Waals surface area contributed by atoms with Gasteiger partial charge in [-0.2, -0.15) is 0 Å². The summed E-state index contributed by atoms with van der Waals surface area (Å²) in [4.78, 5) is 38.1. The van der Waals surface area contributed by atoms with E-state index in [1.165, 1.54) is 11.3 Å². The number of carbonyl (C=O) groups is 3. The summed E-state index contributed by atoms with van der Waals surface area (Å²) in [7, 11) is 0. The van der Waals surface area contributed by atoms with E-state index in [0.717, 1.165) is 21.9 Å². The van der Waals surface area contributed by atoms with Crippen LogP contribution in [-0.2, 0) is 22.4 Å². The molecule has 0 aliphatic carbocycles. The van der Waals surface area contributed by atoms with Crippen LogP contribution in [0.1, 0.15) is 30.8 Å². The Balaban J connectivity index is 1.60. The molecular weight excluding hydrogens is 366 g/mol. The van der Waals surface area contributed by atoms with E-state index in [9.17, 15) is 14.4 Å². The second-order valence-electron chi connectivity index (χ2n) is 6.54. The van der Waals surface area contributed by atoms with Gasteiger partial charge in [0, 0.05) is 0 Å². The summed E-state index contributed by atoms with van der Waals surface area (Å²) in [5, 5.41) is 14.2. The minimum atomic E-state index is -1.02. The summed E-state index contributed by atoms with van der Waals surface area (Å²) in [5.41, 5.74) is 0.0608. The SMILES string of the molecule is CCc1nnc(NC(=O)CN2C(=O)N[C@@](C)(CCc3ccccc3)C2=O)s1. The predicted octanol–water partition coefficient (Wildman–Crippen LogP) is 1.98. The zero-order chi connectivity index (χ0) is 19.4. The lowest BCUT2D eigenvalue weighted by Gasteiger charge is -2.21. The largest absolute Gasteiger partial charge is 0.325 e. The van der Waals surface area contributed by atoms with Crippen LogP contribution in [-0.4, -0.2) is 45.0 Å². The van der Waals surface area contributed by atoms with Crippen LogP contribution in [0.15, 0.2) is 30.3 Å². The second kappa shape index (κ2) is 7.83. The van der Waals surface area contributed by atoms with Crippen LogP contribution in [0.25, 0.3) is 0 Å². The molecular formula is C18H21N5O3S. The number of nitrogens with one attached hydrogen (secondary N) is 2. The van der Waals surface area contributed by atoms with Gasteiger partial charge in [-0.3, -0.25) is 19.8 Å². The average Bonchev–Trinajstić information content (AvgIpc) is 3.19. The highest BCUT2D eigenvalue weighted by Gasteiger charge is 2.47. The van der Waals surface area contributed by atoms with Crippen molar-refractivity contribution in [1.82, 2.24) is 20.4 Å². The highest BCUT2D eigenvalue weighted by atomic mass is 32.1. The Morgan fingerprint density at radius 3 is 2.67 bits per heavy atom. The molecule has 0 bridgehead atoms. The molecule has 1 saturated heterocycles. The molecule has 3 rings (SSSR count). The number of benzene rings is 1. The molecule has 1 aliphatic rings. The van der Waals surface area contributed by atoms with Gasteiger partial charge in [0.15, 0.2) is 0 Å². The van der Waals surface area contributed by atoms with E-state index in [1.54, 1.807) is 6.92 Å². The molecule has 1 fully saturated rings. The second-order valence-corrected chi connectivity index (χ2v) is 7.60. The van der Waals surface area contributed by atoms with E-state index < -0.39 is 23.4 Å². The summed E-state index contributed by atoms with van der Waals surface area (Å²) >= 11 is 1.27. The van der Waals surface area contributed by atoms with E-state index in [4.69, 9.17) is 0 Å². The molecule has 0 unspecified atom stereocenters. The molecule has 0 spiro atoms. The fourth-order valence-corrected chi connectivity index (χ4v) is 3.54. The first-order chi connectivity index (χ1) is 12.9. The summed E-state index contributed by atoms with van der Waals surface area (Å²) in [5.74, 6) is -0.880. The van der Waals surface area contributed by atoms with Crippen LogP contribution in [0, 0.1) is 0 Å². The Hall–Kier alpha value is -2.81. The minimum Gasteiger partial charge on any atom is -0.323 e. The lowest BCUT2D eigenvalue weighted by atomic mass is 9.93. The van der Waals surface area contributed by atoms with Crippen molar-refractivity contribution >= 4 is 34.3 Å². The molecule has 27 heavy (non-hydrogen) atoms. The van der Waals surface area contributed by atoms with Crippen molar-refractivity contribution in [2.45, 2.75) is 38.6 Å². The zero-order valence-corrected chi connectivity index (χ0v) is 16.0. The van der Waals surface area contributed by atoms with E-state index in [2.05, 4.69) is 20.8 Å². The number of hydrogen-bond donors (Lipinski definition) is 2. The molecule has 0 radical (unpaired) electrons. The van der Waals surface area contributed by atoms with Gasteiger partial charge in [-0.25, -0.2) is 4.79 Å². The Morgan fingerprint density at radius 1 is 1.26 bits per heavy atom. The number of amides is 4. The van der Waals surface area contributed by atoms with Gasteiger partial charge >= 0.3 is 6.03 Å². The maximum absolute atomic E-state index is 12.7. The molecule has 1 aliphatic heterocycles. The van der Waals surface area contributed by atoms with Crippen molar-refractivity contribution in [3.63, 3.8) is 0 Å². The van der Waals surface area contributed by atoms with Crippen LogP contribution in [0.2, 0.25) is 0 Å². The third-order valence-electron chi connectivity index (χ3n) is 4.42. The highest BCUT2D eigenvalue weighted by Crippen LogP contribution is 2.23. The van der Waals surface area contributed by atoms with Gasteiger partial charge in [0.2, 0.25) is 11.0 Å². The Labute approximate surface area is 161 Å². The Morgan fingerprint density at radius 2 is 2.00 bits per heavy atom. The van der Waals surface area contributed by atoms with Gasteiger partial charge in [-0.05, 0) is 31.7 Å². The maximum Gasteiger partial charge on any atom is 0.325 e. The highest BCUT2D eigenvalue weighted by molar-refractivity contribution is 7.15. The van der Waals surface area contributed by atoms with Crippen molar-refractivity contribution in [2.24, 2.45) is 0 Å². The van der Waals surface area contributed by atoms with Crippen LogP contribution in [0.3, 0.4) is 0 Å². The summed E-state index contributed by atoms with van der Waals surface area (Å²) in [6, 6.07) is 9.18. The average molecular weight is 387 g/mol. The molecule has 142 valence electrons. The zero-order valence-electron chi connectivity index (χ0n) is 15.2. The number of nitrogens with zero attached hydrogens (tertiary/aromatic N) is 3. The molecule has 2 aromatic rings. The maximum atomic E-state index is 12.7. The molecule has 9 heteroatoms. The van der Waals surface area contributed by atoms with Crippen molar-refractivity contribution in [3.8, 4) is 0 Å². The topological polar surface area (TPSA) is 104 Å². The fourth-order valence-electron chi connectivity index (χ4n) is 2.85. The molecule has 8 nitrogen and oxygen atoms in total. The van der Waals surface area contributed by atoms with E-state index in [1.807, 2.05) is 37.3 Å². The number of imide groups is 1. The molecule has 1 aromatic heterocycles. The third kappa shape index (κ3) is 4.30.